The van der Waals surface area contributed by atoms with E-state index in [1.807, 2.05) is 13.0 Å². The van der Waals surface area contributed by atoms with E-state index in [-0.39, 0.29) is 5.82 Å². The van der Waals surface area contributed by atoms with Crippen molar-refractivity contribution in [3.63, 3.8) is 0 Å². The van der Waals surface area contributed by atoms with E-state index in [0.29, 0.717) is 0 Å². The minimum absolute atomic E-state index is 0.226. The third kappa shape index (κ3) is 1.24. The van der Waals surface area contributed by atoms with Crippen molar-refractivity contribution in [3.8, 4) is 0 Å². The summed E-state index contributed by atoms with van der Waals surface area (Å²) in [5.74, 6) is -0.226. The highest BCUT2D eigenvalue weighted by molar-refractivity contribution is 5.24. The van der Waals surface area contributed by atoms with Crippen LogP contribution in [0, 0.1) is 5.82 Å². The van der Waals surface area contributed by atoms with Gasteiger partial charge in [0, 0.05) is 0 Å². The zero-order valence-corrected chi connectivity index (χ0v) is 5.89. The average Bonchev–Trinajstić information content (AvgIpc) is 1.88. The normalized spacial score (nSPS) is 12.0. The topological polar surface area (TPSA) is 0 Å². The smallest absolute Gasteiger partial charge is 0.123 e. The van der Waals surface area contributed by atoms with Gasteiger partial charge >= 0.3 is 0 Å². The first-order valence-electron chi connectivity index (χ1n) is 3.15. The van der Waals surface area contributed by atoms with Crippen LogP contribution in [-0.4, -0.2) is 0 Å². The van der Waals surface area contributed by atoms with Crippen molar-refractivity contribution in [3.05, 3.63) is 34.5 Å². The third-order valence-electron chi connectivity index (χ3n) is 1.42. The monoisotopic (exact) mass is 136 g/mol. The van der Waals surface area contributed by atoms with Gasteiger partial charge in [-0.15, -0.1) is 0 Å². The van der Waals surface area contributed by atoms with Gasteiger partial charge in [0.05, 0.1) is 0 Å². The van der Waals surface area contributed by atoms with Gasteiger partial charge in [-0.05, 0) is 29.5 Å². The second-order valence-corrected chi connectivity index (χ2v) is 2.13. The fourth-order valence-electron chi connectivity index (χ4n) is 0.856. The van der Waals surface area contributed by atoms with Crippen LogP contribution >= 0.6 is 0 Å². The summed E-state index contributed by atoms with van der Waals surface area (Å²) in [6.07, 6.45) is 1.90. The second kappa shape index (κ2) is 2.65. The summed E-state index contributed by atoms with van der Waals surface area (Å²) >= 11 is 0. The first kappa shape index (κ1) is 7.00. The van der Waals surface area contributed by atoms with Gasteiger partial charge in [-0.1, -0.05) is 18.7 Å². The molecule has 0 saturated heterocycles. The van der Waals surface area contributed by atoms with Crippen molar-refractivity contribution in [1.29, 1.82) is 0 Å². The van der Waals surface area contributed by atoms with Crippen LogP contribution in [0.4, 0.5) is 4.39 Å². The number of halogens is 1. The summed E-state index contributed by atoms with van der Waals surface area (Å²) in [7, 11) is 0. The first-order chi connectivity index (χ1) is 4.74. The zero-order chi connectivity index (χ0) is 7.56. The fourth-order valence-corrected chi connectivity index (χ4v) is 0.856. The van der Waals surface area contributed by atoms with Gasteiger partial charge in [-0.25, -0.2) is 4.39 Å². The average molecular weight is 136 g/mol. The van der Waals surface area contributed by atoms with Gasteiger partial charge in [-0.2, -0.15) is 0 Å². The highest BCUT2D eigenvalue weighted by Crippen LogP contribution is 1.84. The molecule has 0 bridgehead atoms. The van der Waals surface area contributed by atoms with E-state index in [2.05, 4.69) is 6.58 Å². The predicted octanol–water partition coefficient (Wildman–Crippen LogP) is 1.04. The Kier molecular flexibility index (Phi) is 1.86. The van der Waals surface area contributed by atoms with E-state index >= 15 is 0 Å². The summed E-state index contributed by atoms with van der Waals surface area (Å²) < 4.78 is 12.4. The molecule has 0 aromatic heterocycles. The van der Waals surface area contributed by atoms with E-state index in [1.165, 1.54) is 12.1 Å². The van der Waals surface area contributed by atoms with Gasteiger partial charge < -0.3 is 0 Å². The van der Waals surface area contributed by atoms with Crippen LogP contribution < -0.4 is 10.4 Å². The highest BCUT2D eigenvalue weighted by atomic mass is 19.1. The minimum atomic E-state index is -0.226. The second-order valence-electron chi connectivity index (χ2n) is 2.13. The molecule has 0 amide bonds. The Bertz CT molecular complexity index is 325. The van der Waals surface area contributed by atoms with E-state index in [9.17, 15) is 4.39 Å². The molecule has 0 aliphatic carbocycles. The van der Waals surface area contributed by atoms with Crippen molar-refractivity contribution in [2.75, 3.05) is 0 Å². The summed E-state index contributed by atoms with van der Waals surface area (Å²) in [6.45, 7) is 5.59. The molecule has 1 aromatic rings. The molecule has 0 spiro atoms. The molecule has 1 aromatic carbocycles. The molecule has 1 rings (SSSR count). The summed E-state index contributed by atoms with van der Waals surface area (Å²) in [5.41, 5.74) is 0. The van der Waals surface area contributed by atoms with Crippen LogP contribution in [0.1, 0.15) is 6.92 Å². The zero-order valence-electron chi connectivity index (χ0n) is 5.89. The maximum absolute atomic E-state index is 12.4. The van der Waals surface area contributed by atoms with Gasteiger partial charge in [0.15, 0.2) is 0 Å². The molecular formula is C9H9F. The number of hydrogen-bond acceptors (Lipinski definition) is 0. The van der Waals surface area contributed by atoms with E-state index in [0.717, 1.165) is 10.4 Å². The van der Waals surface area contributed by atoms with Crippen molar-refractivity contribution in [2.24, 2.45) is 0 Å². The summed E-state index contributed by atoms with van der Waals surface area (Å²) in [4.78, 5) is 0. The van der Waals surface area contributed by atoms with Crippen molar-refractivity contribution in [1.82, 2.24) is 0 Å². The molecule has 0 nitrogen and oxygen atoms in total. The Morgan fingerprint density at radius 2 is 2.20 bits per heavy atom. The van der Waals surface area contributed by atoms with E-state index in [4.69, 9.17) is 0 Å². The Morgan fingerprint density at radius 3 is 2.70 bits per heavy atom. The largest absolute Gasteiger partial charge is 0.207 e. The Labute approximate surface area is 59.3 Å². The van der Waals surface area contributed by atoms with Crippen molar-refractivity contribution < 1.29 is 4.39 Å². The Morgan fingerprint density at radius 1 is 1.50 bits per heavy atom. The molecule has 0 N–H and O–H groups in total. The lowest BCUT2D eigenvalue weighted by Gasteiger charge is -1.87. The maximum atomic E-state index is 12.4. The molecule has 0 atom stereocenters. The highest BCUT2D eigenvalue weighted by Gasteiger charge is 1.85. The van der Waals surface area contributed by atoms with Crippen molar-refractivity contribution >= 4 is 12.7 Å². The van der Waals surface area contributed by atoms with E-state index in [1.54, 1.807) is 6.07 Å². The minimum Gasteiger partial charge on any atom is -0.207 e. The van der Waals surface area contributed by atoms with Crippen LogP contribution in [0.2, 0.25) is 0 Å². The van der Waals surface area contributed by atoms with Crippen LogP contribution in [0.15, 0.2) is 18.2 Å². The molecule has 0 unspecified atom stereocenters. The molecule has 0 radical (unpaired) electrons. The molecule has 0 heterocycles. The van der Waals surface area contributed by atoms with Gasteiger partial charge in [0.1, 0.15) is 5.82 Å². The number of rotatable bonds is 0. The molecule has 52 valence electrons. The lowest BCUT2D eigenvalue weighted by molar-refractivity contribution is 0.626. The lowest BCUT2D eigenvalue weighted by atomic mass is 10.2. The molecule has 0 aliphatic rings. The molecule has 0 fully saturated rings. The van der Waals surface area contributed by atoms with E-state index < -0.39 is 0 Å². The third-order valence-corrected chi connectivity index (χ3v) is 1.42. The quantitative estimate of drug-likeness (QED) is 0.500. The molecular weight excluding hydrogens is 127 g/mol. The van der Waals surface area contributed by atoms with Gasteiger partial charge in [0.2, 0.25) is 0 Å². The standard InChI is InChI=1S/C9H9F/c1-3-8-4-5-9(10)6-7(8)2/h3-6H,2H2,1H3. The maximum Gasteiger partial charge on any atom is 0.123 e. The first-order valence-corrected chi connectivity index (χ1v) is 3.15. The predicted molar refractivity (Wildman–Crippen MR) is 41.3 cm³/mol. The van der Waals surface area contributed by atoms with Crippen LogP contribution in [0.25, 0.3) is 12.7 Å². The SMILES string of the molecule is C=c1cc(F)ccc1=CC. The lowest BCUT2D eigenvalue weighted by Crippen LogP contribution is -2.22. The molecule has 1 heteroatoms. The molecule has 10 heavy (non-hydrogen) atoms. The summed E-state index contributed by atoms with van der Waals surface area (Å²) in [5, 5.41) is 1.73. The van der Waals surface area contributed by atoms with Gasteiger partial charge in [0.25, 0.3) is 0 Å². The molecule has 0 saturated carbocycles. The summed E-state index contributed by atoms with van der Waals surface area (Å²) in [6, 6.07) is 4.58. The number of hydrogen-bond donors (Lipinski definition) is 0. The number of benzene rings is 1. The fraction of sp³-hybridized carbons (Fsp3) is 0.111. The van der Waals surface area contributed by atoms with Crippen LogP contribution in [0.3, 0.4) is 0 Å². The van der Waals surface area contributed by atoms with Crippen molar-refractivity contribution in [2.45, 2.75) is 6.92 Å². The Balaban J connectivity index is 3.50. The van der Waals surface area contributed by atoms with Crippen LogP contribution in [-0.2, 0) is 0 Å². The Hall–Kier alpha value is -1.11. The molecule has 0 aliphatic heterocycles. The van der Waals surface area contributed by atoms with Crippen LogP contribution in [0.5, 0.6) is 0 Å². The van der Waals surface area contributed by atoms with Gasteiger partial charge in [-0.3, -0.25) is 0 Å².